The molecule has 0 fully saturated rings. The highest BCUT2D eigenvalue weighted by atomic mass is 32.2. The van der Waals surface area contributed by atoms with Crippen molar-refractivity contribution < 1.29 is 18.3 Å². The van der Waals surface area contributed by atoms with E-state index in [0.29, 0.717) is 16.8 Å². The van der Waals surface area contributed by atoms with Crippen molar-refractivity contribution in [1.82, 2.24) is 19.7 Å². The number of rotatable bonds is 7. The Hall–Kier alpha value is -3.21. The number of anilines is 1. The zero-order valence-corrected chi connectivity index (χ0v) is 15.4. The Morgan fingerprint density at radius 2 is 2.00 bits per heavy atom. The highest BCUT2D eigenvalue weighted by Crippen LogP contribution is 2.23. The van der Waals surface area contributed by atoms with E-state index in [1.54, 1.807) is 30.5 Å². The van der Waals surface area contributed by atoms with Gasteiger partial charge in [-0.25, -0.2) is 23.1 Å². The molecule has 0 aliphatic heterocycles. The van der Waals surface area contributed by atoms with E-state index in [-0.39, 0.29) is 29.6 Å². The van der Waals surface area contributed by atoms with Gasteiger partial charge in [0.15, 0.2) is 11.5 Å². The van der Waals surface area contributed by atoms with Crippen molar-refractivity contribution in [3.05, 3.63) is 66.2 Å². The number of aliphatic hydroxyl groups excluding tert-OH is 1. The third-order valence-corrected chi connectivity index (χ3v) is 5.24. The Balaban J connectivity index is 1.99. The summed E-state index contributed by atoms with van der Waals surface area (Å²) in [5.74, 6) is -0.473. The van der Waals surface area contributed by atoms with E-state index in [0.717, 1.165) is 0 Å². The molecule has 28 heavy (non-hydrogen) atoms. The molecular weight excluding hydrogens is 382 g/mol. The fourth-order valence-corrected chi connectivity index (χ4v) is 3.49. The predicted molar refractivity (Wildman–Crippen MR) is 102 cm³/mol. The van der Waals surface area contributed by atoms with Gasteiger partial charge in [0.05, 0.1) is 23.4 Å². The lowest BCUT2D eigenvalue weighted by Crippen LogP contribution is -2.26. The summed E-state index contributed by atoms with van der Waals surface area (Å²) in [5, 5.41) is 8.82. The van der Waals surface area contributed by atoms with Crippen molar-refractivity contribution in [2.24, 2.45) is 0 Å². The zero-order valence-electron chi connectivity index (χ0n) is 14.6. The number of ketones is 1. The molecule has 2 aromatic heterocycles. The van der Waals surface area contributed by atoms with E-state index < -0.39 is 15.8 Å². The van der Waals surface area contributed by atoms with E-state index in [1.807, 2.05) is 0 Å². The highest BCUT2D eigenvalue weighted by Gasteiger charge is 2.18. The molecule has 0 saturated heterocycles. The second-order valence-corrected chi connectivity index (χ2v) is 7.48. The lowest BCUT2D eigenvalue weighted by Gasteiger charge is -2.09. The van der Waals surface area contributed by atoms with Crippen molar-refractivity contribution >= 4 is 21.6 Å². The molecule has 0 radical (unpaired) electrons. The van der Waals surface area contributed by atoms with Crippen molar-refractivity contribution in [2.45, 2.75) is 4.90 Å². The van der Waals surface area contributed by atoms with Gasteiger partial charge in [0.2, 0.25) is 15.8 Å². The average Bonchev–Trinajstić information content (AvgIpc) is 2.73. The maximum absolute atomic E-state index is 12.6. The highest BCUT2D eigenvalue weighted by molar-refractivity contribution is 7.89. The van der Waals surface area contributed by atoms with Crippen LogP contribution in [0.3, 0.4) is 0 Å². The first-order valence-electron chi connectivity index (χ1n) is 8.20. The van der Waals surface area contributed by atoms with Gasteiger partial charge in [-0.3, -0.25) is 9.78 Å². The number of sulfonamides is 1. The number of carbonyl (C=O) groups is 1. The lowest BCUT2D eigenvalue weighted by atomic mass is 10.1. The van der Waals surface area contributed by atoms with Crippen LogP contribution in [-0.4, -0.2) is 47.4 Å². The number of carbonyl (C=O) groups excluding carboxylic acids is 1. The Labute approximate surface area is 161 Å². The monoisotopic (exact) mass is 399 g/mol. The molecule has 10 heteroatoms. The Kier molecular flexibility index (Phi) is 5.73. The third kappa shape index (κ3) is 4.19. The fraction of sp³-hybridized carbons (Fsp3) is 0.111. The number of nitrogens with two attached hydrogens (primary N) is 1. The minimum Gasteiger partial charge on any atom is -0.395 e. The van der Waals surface area contributed by atoms with Crippen LogP contribution in [0.15, 0.2) is 59.9 Å². The first-order chi connectivity index (χ1) is 13.4. The lowest BCUT2D eigenvalue weighted by molar-refractivity contribution is 0.103. The Bertz CT molecular complexity index is 1100. The molecule has 0 aliphatic rings. The van der Waals surface area contributed by atoms with Gasteiger partial charge in [-0.05, 0) is 24.3 Å². The van der Waals surface area contributed by atoms with Crippen LogP contribution in [0.25, 0.3) is 11.3 Å². The van der Waals surface area contributed by atoms with Crippen LogP contribution in [0.2, 0.25) is 0 Å². The van der Waals surface area contributed by atoms with E-state index in [4.69, 9.17) is 10.8 Å². The van der Waals surface area contributed by atoms with Crippen LogP contribution in [0, 0.1) is 0 Å². The molecule has 3 aromatic rings. The summed E-state index contributed by atoms with van der Waals surface area (Å²) in [5.41, 5.74) is 6.82. The Morgan fingerprint density at radius 1 is 1.18 bits per heavy atom. The summed E-state index contributed by atoms with van der Waals surface area (Å²) in [4.78, 5) is 24.8. The number of hydrogen-bond acceptors (Lipinski definition) is 8. The van der Waals surface area contributed by atoms with E-state index in [9.17, 15) is 13.2 Å². The van der Waals surface area contributed by atoms with Crippen LogP contribution >= 0.6 is 0 Å². The molecule has 0 bridgehead atoms. The van der Waals surface area contributed by atoms with Crippen molar-refractivity contribution in [3.63, 3.8) is 0 Å². The maximum atomic E-state index is 12.6. The molecule has 0 saturated carbocycles. The molecule has 0 amide bonds. The second-order valence-electron chi connectivity index (χ2n) is 5.71. The molecule has 0 spiro atoms. The van der Waals surface area contributed by atoms with Gasteiger partial charge in [0.25, 0.3) is 0 Å². The van der Waals surface area contributed by atoms with Gasteiger partial charge < -0.3 is 10.8 Å². The number of benzene rings is 1. The van der Waals surface area contributed by atoms with Gasteiger partial charge in [0, 0.05) is 30.1 Å². The standard InChI is InChI=1S/C18H17N5O4S/c19-18-16(17(25)13-4-2-6-20-10-13)23-15(11-21-18)12-3-1-5-14(9-12)28(26,27)22-7-8-24/h1-6,9-11,22,24H,7-8H2,(H2,19,21). The number of nitrogens with one attached hydrogen (secondary N) is 1. The summed E-state index contributed by atoms with van der Waals surface area (Å²) in [6.45, 7) is -0.416. The quantitative estimate of drug-likeness (QED) is 0.490. The largest absolute Gasteiger partial charge is 0.395 e. The summed E-state index contributed by atoms with van der Waals surface area (Å²) in [6, 6.07) is 9.21. The molecular formula is C18H17N5O4S. The third-order valence-electron chi connectivity index (χ3n) is 3.78. The first-order valence-corrected chi connectivity index (χ1v) is 9.69. The van der Waals surface area contributed by atoms with Crippen LogP contribution in [0.4, 0.5) is 5.82 Å². The van der Waals surface area contributed by atoms with Gasteiger partial charge in [-0.1, -0.05) is 12.1 Å². The number of hydrogen-bond donors (Lipinski definition) is 3. The zero-order chi connectivity index (χ0) is 20.1. The summed E-state index contributed by atoms with van der Waals surface area (Å²) in [7, 11) is -3.79. The number of pyridine rings is 1. The fourth-order valence-electron chi connectivity index (χ4n) is 2.42. The molecule has 144 valence electrons. The molecule has 0 unspecified atom stereocenters. The van der Waals surface area contributed by atoms with E-state index in [1.165, 1.54) is 24.5 Å². The predicted octanol–water partition coefficient (Wildman–Crippen LogP) is 0.622. The smallest absolute Gasteiger partial charge is 0.240 e. The molecule has 4 N–H and O–H groups in total. The Morgan fingerprint density at radius 3 is 2.71 bits per heavy atom. The second kappa shape index (κ2) is 8.21. The number of aliphatic hydroxyl groups is 1. The number of aromatic nitrogens is 3. The summed E-state index contributed by atoms with van der Waals surface area (Å²) in [6.07, 6.45) is 4.30. The van der Waals surface area contributed by atoms with Crippen LogP contribution in [0.5, 0.6) is 0 Å². The van der Waals surface area contributed by atoms with Gasteiger partial charge in [-0.2, -0.15) is 0 Å². The van der Waals surface area contributed by atoms with Gasteiger partial charge >= 0.3 is 0 Å². The van der Waals surface area contributed by atoms with Crippen molar-refractivity contribution in [1.29, 1.82) is 0 Å². The summed E-state index contributed by atoms with van der Waals surface area (Å²) < 4.78 is 26.8. The summed E-state index contributed by atoms with van der Waals surface area (Å²) >= 11 is 0. The SMILES string of the molecule is Nc1ncc(-c2cccc(S(=O)(=O)NCCO)c2)nc1C(=O)c1cccnc1. The number of nitrogen functional groups attached to an aromatic ring is 1. The minimum absolute atomic E-state index is 0.00258. The molecule has 1 aromatic carbocycles. The molecule has 3 rings (SSSR count). The molecule has 0 atom stereocenters. The van der Waals surface area contributed by atoms with Gasteiger partial charge in [-0.15, -0.1) is 0 Å². The van der Waals surface area contributed by atoms with Gasteiger partial charge in [0.1, 0.15) is 0 Å². The molecule has 0 aliphatic carbocycles. The molecule has 2 heterocycles. The van der Waals surface area contributed by atoms with E-state index in [2.05, 4.69) is 19.7 Å². The normalized spacial score (nSPS) is 11.3. The number of nitrogens with zero attached hydrogens (tertiary/aromatic N) is 3. The molecule has 9 nitrogen and oxygen atoms in total. The van der Waals surface area contributed by atoms with E-state index >= 15 is 0 Å². The van der Waals surface area contributed by atoms with Crippen molar-refractivity contribution in [3.8, 4) is 11.3 Å². The van der Waals surface area contributed by atoms with Crippen LogP contribution in [-0.2, 0) is 10.0 Å². The van der Waals surface area contributed by atoms with Crippen LogP contribution in [0.1, 0.15) is 16.1 Å². The van der Waals surface area contributed by atoms with Crippen LogP contribution < -0.4 is 10.5 Å². The first kappa shape index (κ1) is 19.5. The average molecular weight is 399 g/mol. The van der Waals surface area contributed by atoms with Crippen molar-refractivity contribution in [2.75, 3.05) is 18.9 Å². The maximum Gasteiger partial charge on any atom is 0.240 e. The minimum atomic E-state index is -3.79. The topological polar surface area (TPSA) is 148 Å².